The van der Waals surface area contributed by atoms with Crippen molar-refractivity contribution in [2.24, 2.45) is 28.2 Å². The molecule has 4 aromatic rings. The van der Waals surface area contributed by atoms with Gasteiger partial charge < -0.3 is 20.3 Å². The van der Waals surface area contributed by atoms with Crippen molar-refractivity contribution in [3.05, 3.63) is 76.7 Å². The normalized spacial score (nSPS) is 24.7. The fourth-order valence-corrected chi connectivity index (χ4v) is 8.07. The molecule has 8 rings (SSSR count). The predicted molar refractivity (Wildman–Crippen MR) is 187 cm³/mol. The minimum absolute atomic E-state index is 0.0259. The van der Waals surface area contributed by atoms with Crippen molar-refractivity contribution in [1.29, 1.82) is 0 Å². The number of piperazine rings is 1. The minimum atomic E-state index is -0.403. The molecule has 3 saturated carbocycles. The number of anilines is 1. The largest absolute Gasteiger partial charge is 0.497 e. The molecule has 256 valence electrons. The minimum Gasteiger partial charge on any atom is -0.497 e. The number of carbonyl (C=O) groups is 1. The third kappa shape index (κ3) is 6.24. The van der Waals surface area contributed by atoms with Crippen molar-refractivity contribution in [1.82, 2.24) is 29.7 Å². The highest BCUT2D eigenvalue weighted by molar-refractivity contribution is 5.98. The average molecular weight is 667 g/mol. The van der Waals surface area contributed by atoms with Gasteiger partial charge in [0, 0.05) is 43.3 Å². The second-order valence-electron chi connectivity index (χ2n) is 14.4. The Bertz CT molecular complexity index is 1980. The summed E-state index contributed by atoms with van der Waals surface area (Å²) in [5.74, 6) is 2.65. The number of rotatable bonds is 7. The molecule has 0 radical (unpaired) electrons. The van der Waals surface area contributed by atoms with E-state index >= 15 is 0 Å². The maximum Gasteiger partial charge on any atom is 0.261 e. The molecule has 1 saturated heterocycles. The number of amides is 1. The third-order valence-corrected chi connectivity index (χ3v) is 11.0. The number of aryl methyl sites for hydroxylation is 1. The Morgan fingerprint density at radius 3 is 2.67 bits per heavy atom. The van der Waals surface area contributed by atoms with Crippen LogP contribution >= 0.6 is 0 Å². The number of guanidine groups is 1. The highest BCUT2D eigenvalue weighted by atomic mass is 19.1. The number of hydrogen-bond acceptors (Lipinski definition) is 7. The summed E-state index contributed by atoms with van der Waals surface area (Å²) in [4.78, 5) is 47.5. The number of hydrogen-bond donors (Lipinski definition) is 2. The number of aromatic nitrogens is 4. The molecule has 3 aliphatic carbocycles. The molecule has 2 aromatic carbocycles. The molecule has 11 nitrogen and oxygen atoms in total. The van der Waals surface area contributed by atoms with Gasteiger partial charge in [0.2, 0.25) is 5.91 Å². The van der Waals surface area contributed by atoms with Gasteiger partial charge >= 0.3 is 0 Å². The first-order valence-electron chi connectivity index (χ1n) is 17.0. The van der Waals surface area contributed by atoms with Crippen LogP contribution in [-0.4, -0.2) is 68.6 Å². The van der Waals surface area contributed by atoms with E-state index in [-0.39, 0.29) is 43.1 Å². The van der Waals surface area contributed by atoms with Crippen molar-refractivity contribution in [2.45, 2.75) is 65.6 Å². The Kier molecular flexibility index (Phi) is 8.58. The van der Waals surface area contributed by atoms with E-state index in [1.165, 1.54) is 24.2 Å². The molecular weight excluding hydrogens is 623 g/mol. The maximum atomic E-state index is 14.8. The number of halogens is 1. The number of methoxy groups -OCH3 is 1. The first-order valence-corrected chi connectivity index (χ1v) is 17.0. The van der Waals surface area contributed by atoms with E-state index in [0.717, 1.165) is 6.42 Å². The molecule has 1 amide bonds. The van der Waals surface area contributed by atoms with Crippen LogP contribution in [0.1, 0.15) is 46.1 Å². The van der Waals surface area contributed by atoms with E-state index in [1.807, 2.05) is 24.0 Å². The number of nitrogens with zero attached hydrogens (tertiary/aromatic N) is 6. The summed E-state index contributed by atoms with van der Waals surface area (Å²) in [6.07, 6.45) is 7.20. The van der Waals surface area contributed by atoms with Crippen LogP contribution in [0.2, 0.25) is 0 Å². The summed E-state index contributed by atoms with van der Waals surface area (Å²) in [5.41, 5.74) is 2.13. The zero-order valence-electron chi connectivity index (χ0n) is 28.6. The molecule has 2 N–H and O–H groups in total. The average Bonchev–Trinajstić information content (AvgIpc) is 3.08. The lowest BCUT2D eigenvalue weighted by molar-refractivity contribution is -0.124. The van der Waals surface area contributed by atoms with Gasteiger partial charge in [0.15, 0.2) is 11.8 Å². The zero-order valence-corrected chi connectivity index (χ0v) is 28.6. The van der Waals surface area contributed by atoms with Crippen LogP contribution < -0.4 is 20.9 Å². The molecule has 5 atom stereocenters. The Morgan fingerprint density at radius 2 is 1.98 bits per heavy atom. The van der Waals surface area contributed by atoms with Crippen LogP contribution in [0.3, 0.4) is 0 Å². The lowest BCUT2D eigenvalue weighted by Gasteiger charge is -2.61. The van der Waals surface area contributed by atoms with Crippen LogP contribution in [0.15, 0.2) is 64.8 Å². The summed E-state index contributed by atoms with van der Waals surface area (Å²) in [7, 11) is 1.49. The Hall–Kier alpha value is -4.87. The lowest BCUT2D eigenvalue weighted by atomic mass is 9.45. The zero-order chi connectivity index (χ0) is 34.4. The van der Waals surface area contributed by atoms with Gasteiger partial charge in [-0.15, -0.1) is 0 Å². The standard InChI is InChI=1S/C37H43FN8O3/c1-21-19-45(20-33(47)41-21)36(44-30-15-24-14-28(22(30)2)37(24,3)4)42-25-7-9-27-31(16-25)43-34(32-18-39-11-12-40-32)46(35(27)48)13-10-23-6-8-26(49-5)17-29(23)38/h6-9,11-12,16-18,21-22,24,28,30H,10,13-15,19-20H2,1-5H3,(H,41,47)(H,42,44)/t21-,22-,24+,28-,30?/m0/s1. The second-order valence-corrected chi connectivity index (χ2v) is 14.4. The van der Waals surface area contributed by atoms with Crippen LogP contribution in [-0.2, 0) is 17.8 Å². The van der Waals surface area contributed by atoms with E-state index in [2.05, 4.69) is 41.4 Å². The van der Waals surface area contributed by atoms with Crippen molar-refractivity contribution in [3.8, 4) is 17.3 Å². The molecular formula is C37H43FN8O3. The summed E-state index contributed by atoms with van der Waals surface area (Å²) >= 11 is 0. The summed E-state index contributed by atoms with van der Waals surface area (Å²) in [6, 6.07) is 10.2. The molecule has 4 aliphatic rings. The number of benzene rings is 2. The lowest BCUT2D eigenvalue weighted by Crippen LogP contribution is -2.58. The van der Waals surface area contributed by atoms with Gasteiger partial charge in [-0.05, 0) is 79.2 Å². The number of ether oxygens (including phenoxy) is 1. The third-order valence-electron chi connectivity index (χ3n) is 11.0. The van der Waals surface area contributed by atoms with E-state index in [4.69, 9.17) is 14.7 Å². The number of nitrogens with one attached hydrogen (secondary N) is 2. The van der Waals surface area contributed by atoms with Crippen LogP contribution in [0.5, 0.6) is 5.75 Å². The van der Waals surface area contributed by atoms with Gasteiger partial charge in [-0.25, -0.2) is 19.4 Å². The Balaban J connectivity index is 1.24. The van der Waals surface area contributed by atoms with Crippen LogP contribution in [0.4, 0.5) is 10.1 Å². The highest BCUT2D eigenvalue weighted by Gasteiger charge is 2.56. The summed E-state index contributed by atoms with van der Waals surface area (Å²) in [6.45, 7) is 10.1. The van der Waals surface area contributed by atoms with E-state index in [0.29, 0.717) is 75.1 Å². The first-order chi connectivity index (χ1) is 23.5. The van der Waals surface area contributed by atoms with Crippen LogP contribution in [0, 0.1) is 29.0 Å². The molecule has 49 heavy (non-hydrogen) atoms. The molecule has 1 aliphatic heterocycles. The molecule has 0 spiro atoms. The van der Waals surface area contributed by atoms with Gasteiger partial charge in [0.25, 0.3) is 5.56 Å². The van der Waals surface area contributed by atoms with Crippen molar-refractivity contribution < 1.29 is 13.9 Å². The first kappa shape index (κ1) is 32.7. The topological polar surface area (TPSA) is 127 Å². The van der Waals surface area contributed by atoms with E-state index in [1.54, 1.807) is 36.8 Å². The highest BCUT2D eigenvalue weighted by Crippen LogP contribution is 2.61. The number of fused-ring (bicyclic) bond motifs is 3. The van der Waals surface area contributed by atoms with Crippen molar-refractivity contribution in [2.75, 3.05) is 25.5 Å². The van der Waals surface area contributed by atoms with Gasteiger partial charge in [0.1, 0.15) is 17.3 Å². The smallest absolute Gasteiger partial charge is 0.261 e. The summed E-state index contributed by atoms with van der Waals surface area (Å²) < 4.78 is 21.5. The Morgan fingerprint density at radius 1 is 1.14 bits per heavy atom. The fourth-order valence-electron chi connectivity index (χ4n) is 8.07. The quantitative estimate of drug-likeness (QED) is 0.211. The van der Waals surface area contributed by atoms with Crippen LogP contribution in [0.25, 0.3) is 22.4 Å². The van der Waals surface area contributed by atoms with Gasteiger partial charge in [0.05, 0.1) is 36.8 Å². The van der Waals surface area contributed by atoms with E-state index in [9.17, 15) is 14.0 Å². The van der Waals surface area contributed by atoms with Gasteiger partial charge in [-0.1, -0.05) is 26.8 Å². The molecule has 3 heterocycles. The molecule has 1 unspecified atom stereocenters. The van der Waals surface area contributed by atoms with Crippen molar-refractivity contribution in [3.63, 3.8) is 0 Å². The van der Waals surface area contributed by atoms with Gasteiger partial charge in [-0.2, -0.15) is 0 Å². The summed E-state index contributed by atoms with van der Waals surface area (Å²) in [5, 5.41) is 6.94. The number of carbonyl (C=O) groups excluding carboxylic acids is 1. The van der Waals surface area contributed by atoms with E-state index < -0.39 is 5.82 Å². The molecule has 2 aromatic heterocycles. The number of aliphatic imine (C=N–C) groups is 1. The Labute approximate surface area is 285 Å². The molecule has 2 bridgehead atoms. The predicted octanol–water partition coefficient (Wildman–Crippen LogP) is 4.90. The fraction of sp³-hybridized carbons (Fsp3) is 0.459. The van der Waals surface area contributed by atoms with Crippen molar-refractivity contribution >= 4 is 28.5 Å². The molecule has 4 fully saturated rings. The maximum absolute atomic E-state index is 14.8. The van der Waals surface area contributed by atoms with Gasteiger partial charge in [-0.3, -0.25) is 19.1 Å². The SMILES string of the molecule is COc1ccc(CCn2c(-c3cnccn3)nc3cc(N/C(=N/C4C[C@H]5C[C@@H]([C@@H]4C)C5(C)C)N4CC(=O)N[C@@H](C)C4)ccc3c2=O)c(F)c1. The second kappa shape index (κ2) is 12.9. The molecule has 12 heteroatoms. The monoisotopic (exact) mass is 666 g/mol.